The predicted octanol–water partition coefficient (Wildman–Crippen LogP) is 2.30. The molecule has 4 nitrogen and oxygen atoms in total. The molecular weight excluding hydrogens is 272 g/mol. The fourth-order valence-corrected chi connectivity index (χ4v) is 3.43. The molecule has 0 aliphatic carbocycles. The van der Waals surface area contributed by atoms with Crippen molar-refractivity contribution in [3.8, 4) is 0 Å². The lowest BCUT2D eigenvalue weighted by atomic mass is 10.1. The highest BCUT2D eigenvalue weighted by molar-refractivity contribution is 7.17. The zero-order chi connectivity index (χ0) is 13.9. The number of amides is 2. The number of hydrogen-bond donors (Lipinski definition) is 2. The molecule has 0 radical (unpaired) electrons. The number of thiophene rings is 1. The predicted molar refractivity (Wildman–Crippen MR) is 79.9 cm³/mol. The lowest BCUT2D eigenvalue weighted by molar-refractivity contribution is -0.120. The highest BCUT2D eigenvalue weighted by Crippen LogP contribution is 2.25. The lowest BCUT2D eigenvalue weighted by Crippen LogP contribution is -2.35. The van der Waals surface area contributed by atoms with Crippen LogP contribution in [0.2, 0.25) is 0 Å². The van der Waals surface area contributed by atoms with Crippen molar-refractivity contribution in [1.29, 1.82) is 0 Å². The van der Waals surface area contributed by atoms with Gasteiger partial charge in [0.1, 0.15) is 0 Å². The Labute approximate surface area is 121 Å². The van der Waals surface area contributed by atoms with E-state index >= 15 is 0 Å². The van der Waals surface area contributed by atoms with E-state index in [1.807, 2.05) is 29.6 Å². The van der Waals surface area contributed by atoms with E-state index in [4.69, 9.17) is 0 Å². The van der Waals surface area contributed by atoms with Crippen LogP contribution in [0.3, 0.4) is 0 Å². The standard InChI is InChI=1S/C15H16N2O2S/c18-14-6-5-10(7-8-16-14)17-15(19)12-9-20-13-4-2-1-3-11(12)13/h1-4,9-10H,5-8H2,(H,16,18)(H,17,19). The first-order valence-electron chi connectivity index (χ1n) is 6.78. The number of benzene rings is 1. The number of hydrogen-bond acceptors (Lipinski definition) is 3. The molecular formula is C15H16N2O2S. The molecule has 0 spiro atoms. The maximum atomic E-state index is 12.4. The SMILES string of the molecule is O=C1CCC(NC(=O)c2csc3ccccc23)CCN1. The van der Waals surface area contributed by atoms with E-state index in [1.165, 1.54) is 0 Å². The molecule has 3 rings (SSSR count). The molecule has 1 fully saturated rings. The molecule has 1 atom stereocenters. The maximum absolute atomic E-state index is 12.4. The van der Waals surface area contributed by atoms with Crippen molar-refractivity contribution in [2.24, 2.45) is 0 Å². The van der Waals surface area contributed by atoms with E-state index < -0.39 is 0 Å². The smallest absolute Gasteiger partial charge is 0.252 e. The molecule has 2 aromatic rings. The second-order valence-corrected chi connectivity index (χ2v) is 5.90. The van der Waals surface area contributed by atoms with Crippen molar-refractivity contribution in [1.82, 2.24) is 10.6 Å². The molecule has 0 saturated carbocycles. The highest BCUT2D eigenvalue weighted by Gasteiger charge is 2.19. The van der Waals surface area contributed by atoms with Gasteiger partial charge in [0.2, 0.25) is 5.91 Å². The summed E-state index contributed by atoms with van der Waals surface area (Å²) in [6.45, 7) is 0.633. The summed E-state index contributed by atoms with van der Waals surface area (Å²) in [5, 5.41) is 8.77. The van der Waals surface area contributed by atoms with E-state index in [1.54, 1.807) is 11.3 Å². The first-order chi connectivity index (χ1) is 9.74. The molecule has 2 heterocycles. The highest BCUT2D eigenvalue weighted by atomic mass is 32.1. The van der Waals surface area contributed by atoms with Gasteiger partial charge in [-0.15, -0.1) is 11.3 Å². The summed E-state index contributed by atoms with van der Waals surface area (Å²) in [5.74, 6) is 0.0320. The third kappa shape index (κ3) is 2.67. The van der Waals surface area contributed by atoms with Crippen LogP contribution in [0, 0.1) is 0 Å². The number of carbonyl (C=O) groups excluding carboxylic acids is 2. The normalized spacial score (nSPS) is 19.4. The Bertz CT molecular complexity index is 650. The summed E-state index contributed by atoms with van der Waals surface area (Å²) in [7, 11) is 0. The Balaban J connectivity index is 1.74. The summed E-state index contributed by atoms with van der Waals surface area (Å²) in [6, 6.07) is 7.98. The maximum Gasteiger partial charge on any atom is 0.252 e. The van der Waals surface area contributed by atoms with Crippen LogP contribution in [0.5, 0.6) is 0 Å². The quantitative estimate of drug-likeness (QED) is 0.891. The average molecular weight is 288 g/mol. The van der Waals surface area contributed by atoms with Crippen LogP contribution in [0.4, 0.5) is 0 Å². The van der Waals surface area contributed by atoms with E-state index in [2.05, 4.69) is 10.6 Å². The van der Waals surface area contributed by atoms with Crippen LogP contribution >= 0.6 is 11.3 Å². The second kappa shape index (κ2) is 5.63. The van der Waals surface area contributed by atoms with Crippen molar-refractivity contribution in [2.45, 2.75) is 25.3 Å². The monoisotopic (exact) mass is 288 g/mol. The zero-order valence-corrected chi connectivity index (χ0v) is 11.8. The molecule has 104 valence electrons. The molecule has 1 aliphatic heterocycles. The summed E-state index contributed by atoms with van der Waals surface area (Å²) in [6.07, 6.45) is 1.98. The molecule has 20 heavy (non-hydrogen) atoms. The molecule has 0 bridgehead atoms. The fourth-order valence-electron chi connectivity index (χ4n) is 2.48. The van der Waals surface area contributed by atoms with Crippen LogP contribution in [-0.4, -0.2) is 24.4 Å². The van der Waals surface area contributed by atoms with E-state index in [0.717, 1.165) is 22.1 Å². The van der Waals surface area contributed by atoms with Crippen molar-refractivity contribution in [3.05, 3.63) is 35.2 Å². The summed E-state index contributed by atoms with van der Waals surface area (Å²) in [4.78, 5) is 23.7. The van der Waals surface area contributed by atoms with Gasteiger partial charge in [0.05, 0.1) is 5.56 Å². The van der Waals surface area contributed by atoms with Gasteiger partial charge in [0.15, 0.2) is 0 Å². The largest absolute Gasteiger partial charge is 0.356 e. The number of rotatable bonds is 2. The van der Waals surface area contributed by atoms with Gasteiger partial charge in [0, 0.05) is 34.5 Å². The van der Waals surface area contributed by atoms with Gasteiger partial charge in [-0.25, -0.2) is 0 Å². The minimum atomic E-state index is -0.0400. The number of nitrogens with one attached hydrogen (secondary N) is 2. The molecule has 1 aliphatic rings. The Kier molecular flexibility index (Phi) is 3.69. The van der Waals surface area contributed by atoms with Crippen LogP contribution in [-0.2, 0) is 4.79 Å². The third-order valence-electron chi connectivity index (χ3n) is 3.60. The number of fused-ring (bicyclic) bond motifs is 1. The first-order valence-corrected chi connectivity index (χ1v) is 7.66. The minimum absolute atomic E-state index is 0.0400. The molecule has 5 heteroatoms. The third-order valence-corrected chi connectivity index (χ3v) is 4.56. The van der Waals surface area contributed by atoms with Crippen molar-refractivity contribution < 1.29 is 9.59 Å². The van der Waals surface area contributed by atoms with Gasteiger partial charge < -0.3 is 10.6 Å². The van der Waals surface area contributed by atoms with Gasteiger partial charge >= 0.3 is 0 Å². The Morgan fingerprint density at radius 1 is 1.30 bits per heavy atom. The Morgan fingerprint density at radius 3 is 3.05 bits per heavy atom. The minimum Gasteiger partial charge on any atom is -0.356 e. The van der Waals surface area contributed by atoms with Gasteiger partial charge in [-0.2, -0.15) is 0 Å². The topological polar surface area (TPSA) is 58.2 Å². The van der Waals surface area contributed by atoms with Crippen molar-refractivity contribution >= 4 is 33.2 Å². The van der Waals surface area contributed by atoms with Crippen LogP contribution in [0.25, 0.3) is 10.1 Å². The summed E-state index contributed by atoms with van der Waals surface area (Å²) < 4.78 is 1.12. The van der Waals surface area contributed by atoms with Gasteiger partial charge in [-0.05, 0) is 18.9 Å². The van der Waals surface area contributed by atoms with E-state index in [9.17, 15) is 9.59 Å². The van der Waals surface area contributed by atoms with Crippen LogP contribution in [0.1, 0.15) is 29.6 Å². The van der Waals surface area contributed by atoms with Gasteiger partial charge in [0.25, 0.3) is 5.91 Å². The summed E-state index contributed by atoms with van der Waals surface area (Å²) >= 11 is 1.58. The van der Waals surface area contributed by atoms with Crippen molar-refractivity contribution in [3.63, 3.8) is 0 Å². The number of carbonyl (C=O) groups is 2. The lowest BCUT2D eigenvalue weighted by Gasteiger charge is -2.15. The molecule has 2 amide bonds. The molecule has 1 saturated heterocycles. The Morgan fingerprint density at radius 2 is 2.15 bits per heavy atom. The molecule has 1 unspecified atom stereocenters. The second-order valence-electron chi connectivity index (χ2n) is 4.99. The molecule has 2 N–H and O–H groups in total. The average Bonchev–Trinajstić information content (AvgIpc) is 2.78. The molecule has 1 aromatic heterocycles. The van der Waals surface area contributed by atoms with Crippen molar-refractivity contribution in [2.75, 3.05) is 6.54 Å². The fraction of sp³-hybridized carbons (Fsp3) is 0.333. The Hall–Kier alpha value is -1.88. The van der Waals surface area contributed by atoms with E-state index in [-0.39, 0.29) is 17.9 Å². The van der Waals surface area contributed by atoms with Gasteiger partial charge in [-0.3, -0.25) is 9.59 Å². The van der Waals surface area contributed by atoms with Crippen LogP contribution < -0.4 is 10.6 Å². The van der Waals surface area contributed by atoms with Gasteiger partial charge in [-0.1, -0.05) is 18.2 Å². The first kappa shape index (κ1) is 13.1. The van der Waals surface area contributed by atoms with E-state index in [0.29, 0.717) is 19.4 Å². The summed E-state index contributed by atoms with van der Waals surface area (Å²) in [5.41, 5.74) is 0.731. The van der Waals surface area contributed by atoms with Crippen LogP contribution in [0.15, 0.2) is 29.6 Å². The molecule has 1 aromatic carbocycles. The zero-order valence-electron chi connectivity index (χ0n) is 11.0.